The van der Waals surface area contributed by atoms with Gasteiger partial charge in [-0.25, -0.2) is 4.79 Å². The lowest BCUT2D eigenvalue weighted by molar-refractivity contribution is -0.146. The summed E-state index contributed by atoms with van der Waals surface area (Å²) < 4.78 is 5.48. The fourth-order valence-corrected chi connectivity index (χ4v) is 6.64. The van der Waals surface area contributed by atoms with Crippen molar-refractivity contribution in [1.82, 2.24) is 0 Å². The minimum Gasteiger partial charge on any atom is -0.481 e. The third-order valence-corrected chi connectivity index (χ3v) is 7.95. The number of thiophene rings is 1. The van der Waals surface area contributed by atoms with Gasteiger partial charge in [0.15, 0.2) is 0 Å². The van der Waals surface area contributed by atoms with Gasteiger partial charge in [0.05, 0.1) is 23.5 Å². The molecule has 1 amide bonds. The summed E-state index contributed by atoms with van der Waals surface area (Å²) in [6.45, 7) is 5.79. The van der Waals surface area contributed by atoms with E-state index in [4.69, 9.17) is 4.74 Å². The van der Waals surface area contributed by atoms with E-state index in [1.165, 1.54) is 11.3 Å². The standard InChI is InChI=1S/C23H29NO5S/c1-4-12-5-8-15-16(9-12)30-21(19(15)23(28)29-11(2)3)24-20(25)17-13-6-7-14(10-13)18(17)22(26)27/h6-7,11-14,17-18H,4-5,8-10H2,1-3H3,(H,24,25)(H,26,27)/t12-,13+,14+,17-,18+/m1/s1. The Morgan fingerprint density at radius 3 is 2.57 bits per heavy atom. The molecule has 1 aromatic rings. The van der Waals surface area contributed by atoms with Crippen molar-refractivity contribution in [2.75, 3.05) is 5.32 Å². The monoisotopic (exact) mass is 431 g/mol. The SMILES string of the molecule is CC[C@@H]1CCc2c(sc(NC(=O)[C@H]3[C@@H](C(=O)O)[C@H]4C=C[C@H]3C4)c2C(=O)OC(C)C)C1. The molecule has 1 saturated carbocycles. The van der Waals surface area contributed by atoms with Crippen LogP contribution >= 0.6 is 11.3 Å². The Bertz CT molecular complexity index is 902. The summed E-state index contributed by atoms with van der Waals surface area (Å²) in [5.41, 5.74) is 1.46. The zero-order valence-corrected chi connectivity index (χ0v) is 18.5. The van der Waals surface area contributed by atoms with Crippen LogP contribution in [0.1, 0.15) is 60.8 Å². The molecule has 7 heteroatoms. The van der Waals surface area contributed by atoms with Gasteiger partial charge < -0.3 is 15.2 Å². The Kier molecular flexibility index (Phi) is 5.75. The number of carboxylic acids is 1. The summed E-state index contributed by atoms with van der Waals surface area (Å²) >= 11 is 1.46. The highest BCUT2D eigenvalue weighted by molar-refractivity contribution is 7.17. The van der Waals surface area contributed by atoms with Gasteiger partial charge in [0.2, 0.25) is 5.91 Å². The van der Waals surface area contributed by atoms with E-state index in [-0.39, 0.29) is 23.8 Å². The van der Waals surface area contributed by atoms with Crippen molar-refractivity contribution in [3.63, 3.8) is 0 Å². The lowest BCUT2D eigenvalue weighted by Gasteiger charge is -2.23. The van der Waals surface area contributed by atoms with E-state index in [0.29, 0.717) is 22.9 Å². The van der Waals surface area contributed by atoms with Crippen molar-refractivity contribution >= 4 is 34.2 Å². The highest BCUT2D eigenvalue weighted by Crippen LogP contribution is 2.49. The predicted molar refractivity (Wildman–Crippen MR) is 115 cm³/mol. The van der Waals surface area contributed by atoms with Crippen molar-refractivity contribution in [3.8, 4) is 0 Å². The number of carboxylic acid groups (broad SMARTS) is 1. The topological polar surface area (TPSA) is 92.7 Å². The average molecular weight is 432 g/mol. The van der Waals surface area contributed by atoms with Gasteiger partial charge in [-0.2, -0.15) is 0 Å². The number of hydrogen-bond donors (Lipinski definition) is 2. The molecule has 0 unspecified atom stereocenters. The zero-order chi connectivity index (χ0) is 21.6. The van der Waals surface area contributed by atoms with Crippen LogP contribution in [-0.4, -0.2) is 29.1 Å². The number of hydrogen-bond acceptors (Lipinski definition) is 5. The van der Waals surface area contributed by atoms with E-state index < -0.39 is 23.8 Å². The molecule has 30 heavy (non-hydrogen) atoms. The number of esters is 1. The molecule has 1 heterocycles. The lowest BCUT2D eigenvalue weighted by atomic mass is 9.82. The molecule has 0 aromatic carbocycles. The van der Waals surface area contributed by atoms with E-state index in [9.17, 15) is 19.5 Å². The molecule has 2 N–H and O–H groups in total. The number of carbonyl (C=O) groups is 3. The highest BCUT2D eigenvalue weighted by Gasteiger charge is 2.52. The summed E-state index contributed by atoms with van der Waals surface area (Å²) in [6, 6.07) is 0. The third-order valence-electron chi connectivity index (χ3n) is 6.78. The fourth-order valence-electron chi connectivity index (χ4n) is 5.29. The van der Waals surface area contributed by atoms with Gasteiger partial charge in [0, 0.05) is 4.88 Å². The Balaban J connectivity index is 1.64. The summed E-state index contributed by atoms with van der Waals surface area (Å²) in [7, 11) is 0. The number of fused-ring (bicyclic) bond motifs is 3. The largest absolute Gasteiger partial charge is 0.481 e. The molecule has 3 aliphatic carbocycles. The number of nitrogens with one attached hydrogen (secondary N) is 1. The van der Waals surface area contributed by atoms with Crippen LogP contribution in [-0.2, 0) is 27.2 Å². The maximum atomic E-state index is 13.2. The molecule has 162 valence electrons. The molecule has 0 radical (unpaired) electrons. The number of allylic oxidation sites excluding steroid dienone is 2. The van der Waals surface area contributed by atoms with Gasteiger partial charge >= 0.3 is 11.9 Å². The van der Waals surface area contributed by atoms with Crippen LogP contribution in [0.25, 0.3) is 0 Å². The predicted octanol–water partition coefficient (Wildman–Crippen LogP) is 4.29. The van der Waals surface area contributed by atoms with Crippen LogP contribution in [0, 0.1) is 29.6 Å². The molecule has 5 atom stereocenters. The smallest absolute Gasteiger partial charge is 0.341 e. The Hall–Kier alpha value is -2.15. The molecule has 4 rings (SSSR count). The summed E-state index contributed by atoms with van der Waals surface area (Å²) in [4.78, 5) is 39.0. The first-order valence-corrected chi connectivity index (χ1v) is 11.7. The number of aliphatic carboxylic acids is 1. The Labute approximate surface area is 180 Å². The second-order valence-electron chi connectivity index (χ2n) is 9.01. The fraction of sp³-hybridized carbons (Fsp3) is 0.609. The first-order valence-electron chi connectivity index (χ1n) is 10.9. The van der Waals surface area contributed by atoms with Gasteiger partial charge in [-0.05, 0) is 62.8 Å². The Morgan fingerprint density at radius 1 is 1.23 bits per heavy atom. The summed E-state index contributed by atoms with van der Waals surface area (Å²) in [6.07, 6.45) is 8.16. The van der Waals surface area contributed by atoms with Crippen LogP contribution in [0.5, 0.6) is 0 Å². The van der Waals surface area contributed by atoms with E-state index in [1.54, 1.807) is 13.8 Å². The second kappa shape index (κ2) is 8.17. The first-order chi connectivity index (χ1) is 14.3. The molecular weight excluding hydrogens is 402 g/mol. The van der Waals surface area contributed by atoms with E-state index in [2.05, 4.69) is 12.2 Å². The molecule has 3 aliphatic rings. The molecule has 1 fully saturated rings. The molecule has 0 aliphatic heterocycles. The maximum Gasteiger partial charge on any atom is 0.341 e. The van der Waals surface area contributed by atoms with Crippen molar-refractivity contribution in [2.24, 2.45) is 29.6 Å². The first kappa shape index (κ1) is 21.1. The van der Waals surface area contributed by atoms with Crippen LogP contribution in [0.2, 0.25) is 0 Å². The number of ether oxygens (including phenoxy) is 1. The minimum atomic E-state index is -0.928. The van der Waals surface area contributed by atoms with Crippen molar-refractivity contribution in [2.45, 2.75) is 59.0 Å². The highest BCUT2D eigenvalue weighted by atomic mass is 32.1. The van der Waals surface area contributed by atoms with Crippen LogP contribution in [0.3, 0.4) is 0 Å². The molecular formula is C23H29NO5S. The second-order valence-corrected chi connectivity index (χ2v) is 10.1. The molecule has 1 aromatic heterocycles. The minimum absolute atomic E-state index is 0.0544. The Morgan fingerprint density at radius 2 is 1.93 bits per heavy atom. The quantitative estimate of drug-likeness (QED) is 0.518. The maximum absolute atomic E-state index is 13.2. The van der Waals surface area contributed by atoms with Gasteiger partial charge in [-0.3, -0.25) is 9.59 Å². The van der Waals surface area contributed by atoms with E-state index in [0.717, 1.165) is 36.1 Å². The number of carbonyl (C=O) groups excluding carboxylic acids is 2. The van der Waals surface area contributed by atoms with Crippen LogP contribution in [0.4, 0.5) is 5.00 Å². The lowest BCUT2D eigenvalue weighted by Crippen LogP contribution is -2.36. The van der Waals surface area contributed by atoms with Crippen LogP contribution < -0.4 is 5.32 Å². The molecule has 0 spiro atoms. The third kappa shape index (κ3) is 3.68. The summed E-state index contributed by atoms with van der Waals surface area (Å²) in [5.74, 6) is -2.50. The van der Waals surface area contributed by atoms with Crippen molar-refractivity contribution < 1.29 is 24.2 Å². The molecule has 6 nitrogen and oxygen atoms in total. The average Bonchev–Trinajstić information content (AvgIpc) is 3.38. The number of rotatable bonds is 6. The van der Waals surface area contributed by atoms with Gasteiger partial charge in [0.25, 0.3) is 0 Å². The van der Waals surface area contributed by atoms with Crippen LogP contribution in [0.15, 0.2) is 12.2 Å². The van der Waals surface area contributed by atoms with E-state index in [1.807, 2.05) is 12.2 Å². The van der Waals surface area contributed by atoms with Crippen molar-refractivity contribution in [3.05, 3.63) is 28.2 Å². The number of anilines is 1. The summed E-state index contributed by atoms with van der Waals surface area (Å²) in [5, 5.41) is 13.1. The molecule has 2 bridgehead atoms. The normalized spacial score (nSPS) is 29.1. The van der Waals surface area contributed by atoms with Gasteiger partial charge in [0.1, 0.15) is 5.00 Å². The van der Waals surface area contributed by atoms with Gasteiger partial charge in [-0.1, -0.05) is 25.5 Å². The zero-order valence-electron chi connectivity index (χ0n) is 17.6. The van der Waals surface area contributed by atoms with Crippen molar-refractivity contribution in [1.29, 1.82) is 0 Å². The van der Waals surface area contributed by atoms with Gasteiger partial charge in [-0.15, -0.1) is 11.3 Å². The van der Waals surface area contributed by atoms with E-state index >= 15 is 0 Å². The molecule has 0 saturated heterocycles. The number of amides is 1.